The number of carbonyl (C=O) groups excluding carboxylic acids is 1. The first-order valence-corrected chi connectivity index (χ1v) is 13.0. The molecular formula is C32H22FN7O. The molecule has 0 bridgehead atoms. The van der Waals surface area contributed by atoms with Crippen molar-refractivity contribution in [3.05, 3.63) is 115 Å². The molecule has 8 nitrogen and oxygen atoms in total. The van der Waals surface area contributed by atoms with Gasteiger partial charge in [-0.2, -0.15) is 5.10 Å². The van der Waals surface area contributed by atoms with Crippen LogP contribution in [0.2, 0.25) is 0 Å². The summed E-state index contributed by atoms with van der Waals surface area (Å²) in [5, 5.41) is 12.1. The molecule has 0 saturated carbocycles. The number of anilines is 1. The van der Waals surface area contributed by atoms with Gasteiger partial charge in [-0.3, -0.25) is 19.9 Å². The summed E-state index contributed by atoms with van der Waals surface area (Å²) in [6.07, 6.45) is 6.96. The minimum absolute atomic E-state index is 0.127. The van der Waals surface area contributed by atoms with Crippen LogP contribution in [-0.4, -0.2) is 36.0 Å². The van der Waals surface area contributed by atoms with E-state index in [9.17, 15) is 9.18 Å². The zero-order valence-corrected chi connectivity index (χ0v) is 21.6. The van der Waals surface area contributed by atoms with Crippen LogP contribution in [0.15, 0.2) is 104 Å². The van der Waals surface area contributed by atoms with Crippen molar-refractivity contribution in [2.45, 2.75) is 6.42 Å². The predicted molar refractivity (Wildman–Crippen MR) is 156 cm³/mol. The minimum Gasteiger partial charge on any atom is -0.338 e. The van der Waals surface area contributed by atoms with Crippen molar-refractivity contribution in [3.63, 3.8) is 0 Å². The topological polar surface area (TPSA) is 112 Å². The highest BCUT2D eigenvalue weighted by Gasteiger charge is 2.17. The molecule has 0 unspecified atom stereocenters. The molecule has 5 aromatic heterocycles. The van der Waals surface area contributed by atoms with Gasteiger partial charge in [0.1, 0.15) is 17.2 Å². The lowest BCUT2D eigenvalue weighted by Crippen LogP contribution is -2.14. The number of aromatic nitrogens is 6. The number of hydrogen-bond acceptors (Lipinski definition) is 5. The largest absolute Gasteiger partial charge is 0.338 e. The number of rotatable bonds is 6. The second-order valence-electron chi connectivity index (χ2n) is 9.64. The highest BCUT2D eigenvalue weighted by atomic mass is 19.1. The third-order valence-electron chi connectivity index (χ3n) is 6.92. The van der Waals surface area contributed by atoms with Crippen LogP contribution in [0.4, 0.5) is 10.1 Å². The van der Waals surface area contributed by atoms with E-state index in [-0.39, 0.29) is 18.1 Å². The number of halogens is 1. The van der Waals surface area contributed by atoms with Crippen LogP contribution >= 0.6 is 0 Å². The van der Waals surface area contributed by atoms with Gasteiger partial charge in [0.25, 0.3) is 0 Å². The van der Waals surface area contributed by atoms with Crippen molar-refractivity contribution >= 4 is 33.5 Å². The zero-order chi connectivity index (χ0) is 27.8. The molecule has 198 valence electrons. The van der Waals surface area contributed by atoms with Gasteiger partial charge in [0.05, 0.1) is 41.4 Å². The smallest absolute Gasteiger partial charge is 0.228 e. The standard InChI is InChI=1S/C32H22FN7O/c33-26-9-5-4-8-23(26)22-10-11-35-32-24(22)14-28(38-32)31-25-15-27(36-18-29(25)39-40-31)20-13-21(17-34-16-20)37-30(41)12-19-6-2-1-3-7-19/h1-11,13-18H,12H2,(H,35,38)(H,37,41)(H,39,40). The molecule has 41 heavy (non-hydrogen) atoms. The first-order valence-electron chi connectivity index (χ1n) is 13.0. The maximum atomic E-state index is 14.6. The Morgan fingerprint density at radius 3 is 2.59 bits per heavy atom. The Kier molecular flexibility index (Phi) is 6.01. The molecule has 0 aliphatic rings. The number of nitrogens with one attached hydrogen (secondary N) is 3. The molecule has 9 heteroatoms. The molecule has 1 amide bonds. The van der Waals surface area contributed by atoms with E-state index in [0.29, 0.717) is 28.3 Å². The van der Waals surface area contributed by atoms with E-state index in [1.165, 1.54) is 6.07 Å². The average molecular weight is 540 g/mol. The molecule has 3 N–H and O–H groups in total. The fourth-order valence-corrected chi connectivity index (χ4v) is 4.98. The third kappa shape index (κ3) is 4.70. The number of H-pyrrole nitrogens is 2. The summed E-state index contributed by atoms with van der Waals surface area (Å²) in [4.78, 5) is 29.3. The molecule has 0 spiro atoms. The van der Waals surface area contributed by atoms with E-state index < -0.39 is 0 Å². The average Bonchev–Trinajstić information content (AvgIpc) is 3.62. The number of nitrogens with zero attached hydrogens (tertiary/aromatic N) is 4. The van der Waals surface area contributed by atoms with E-state index in [1.54, 1.807) is 36.9 Å². The van der Waals surface area contributed by atoms with Crippen LogP contribution in [0.25, 0.3) is 55.7 Å². The molecule has 7 aromatic rings. The SMILES string of the molecule is O=C(Cc1ccccc1)Nc1cncc(-c2cc3c(-c4cc5c(-c6ccccc6F)ccnc5[nH]4)n[nH]c3cn2)c1. The third-order valence-corrected chi connectivity index (χ3v) is 6.92. The fraction of sp³-hybridized carbons (Fsp3) is 0.0312. The molecule has 0 atom stereocenters. The molecule has 2 aromatic carbocycles. The van der Waals surface area contributed by atoms with E-state index in [0.717, 1.165) is 38.7 Å². The van der Waals surface area contributed by atoms with Gasteiger partial charge in [0, 0.05) is 34.3 Å². The van der Waals surface area contributed by atoms with Crippen molar-refractivity contribution in [1.29, 1.82) is 0 Å². The Morgan fingerprint density at radius 1 is 0.854 bits per heavy atom. The van der Waals surface area contributed by atoms with Gasteiger partial charge in [0.2, 0.25) is 5.91 Å². The van der Waals surface area contributed by atoms with Crippen LogP contribution < -0.4 is 5.32 Å². The quantitative estimate of drug-likeness (QED) is 0.222. The molecule has 0 saturated heterocycles. The number of hydrogen-bond donors (Lipinski definition) is 3. The van der Waals surface area contributed by atoms with Gasteiger partial charge < -0.3 is 10.3 Å². The highest BCUT2D eigenvalue weighted by molar-refractivity contribution is 6.00. The van der Waals surface area contributed by atoms with E-state index in [4.69, 9.17) is 0 Å². The summed E-state index contributed by atoms with van der Waals surface area (Å²) in [6, 6.07) is 23.8. The fourth-order valence-electron chi connectivity index (χ4n) is 4.98. The normalized spacial score (nSPS) is 11.2. The van der Waals surface area contributed by atoms with Crippen LogP contribution in [0.5, 0.6) is 0 Å². The summed E-state index contributed by atoms with van der Waals surface area (Å²) < 4.78 is 14.6. The molecule has 5 heterocycles. The molecule has 0 fully saturated rings. The molecule has 0 aliphatic carbocycles. The van der Waals surface area contributed by atoms with Crippen molar-refractivity contribution in [1.82, 2.24) is 30.1 Å². The number of aromatic amines is 2. The lowest BCUT2D eigenvalue weighted by atomic mass is 10.0. The second kappa shape index (κ2) is 10.1. The van der Waals surface area contributed by atoms with Crippen LogP contribution in [0.3, 0.4) is 0 Å². The minimum atomic E-state index is -0.296. The van der Waals surface area contributed by atoms with Crippen molar-refractivity contribution < 1.29 is 9.18 Å². The van der Waals surface area contributed by atoms with Crippen molar-refractivity contribution in [2.24, 2.45) is 0 Å². The van der Waals surface area contributed by atoms with Crippen molar-refractivity contribution in [3.8, 4) is 33.8 Å². The van der Waals surface area contributed by atoms with Gasteiger partial charge in [-0.15, -0.1) is 0 Å². The number of pyridine rings is 3. The molecular weight excluding hydrogens is 517 g/mol. The Labute approximate surface area is 233 Å². The molecule has 0 aliphatic heterocycles. The van der Waals surface area contributed by atoms with E-state index in [2.05, 4.69) is 35.5 Å². The Balaban J connectivity index is 1.22. The summed E-state index contributed by atoms with van der Waals surface area (Å²) in [5.41, 5.74) is 6.99. The van der Waals surface area contributed by atoms with Crippen molar-refractivity contribution in [2.75, 3.05) is 5.32 Å². The van der Waals surface area contributed by atoms with Crippen LogP contribution in [0, 0.1) is 5.82 Å². The predicted octanol–water partition coefficient (Wildman–Crippen LogP) is 6.55. The number of carbonyl (C=O) groups is 1. The number of amides is 1. The van der Waals surface area contributed by atoms with Crippen LogP contribution in [-0.2, 0) is 11.2 Å². The van der Waals surface area contributed by atoms with Gasteiger partial charge in [-0.25, -0.2) is 9.37 Å². The summed E-state index contributed by atoms with van der Waals surface area (Å²) >= 11 is 0. The molecule has 7 rings (SSSR count). The van der Waals surface area contributed by atoms with Gasteiger partial charge in [-0.05, 0) is 41.5 Å². The zero-order valence-electron chi connectivity index (χ0n) is 21.6. The van der Waals surface area contributed by atoms with Gasteiger partial charge >= 0.3 is 0 Å². The van der Waals surface area contributed by atoms with E-state index >= 15 is 0 Å². The highest BCUT2D eigenvalue weighted by Crippen LogP contribution is 2.35. The number of fused-ring (bicyclic) bond motifs is 2. The monoisotopic (exact) mass is 539 g/mol. The van der Waals surface area contributed by atoms with Crippen LogP contribution in [0.1, 0.15) is 5.56 Å². The first kappa shape index (κ1) is 24.3. The molecule has 0 radical (unpaired) electrons. The van der Waals surface area contributed by atoms with Gasteiger partial charge in [-0.1, -0.05) is 48.5 Å². The summed E-state index contributed by atoms with van der Waals surface area (Å²) in [6.45, 7) is 0. The maximum Gasteiger partial charge on any atom is 0.228 e. The van der Waals surface area contributed by atoms with E-state index in [1.807, 2.05) is 60.7 Å². The Bertz CT molecular complexity index is 2050. The first-order chi connectivity index (χ1) is 20.1. The Hall–Kier alpha value is -5.70. The summed E-state index contributed by atoms with van der Waals surface area (Å²) in [5.74, 6) is -0.423. The summed E-state index contributed by atoms with van der Waals surface area (Å²) in [7, 11) is 0. The Morgan fingerprint density at radius 2 is 1.71 bits per heavy atom. The lowest BCUT2D eigenvalue weighted by Gasteiger charge is -2.07. The number of benzene rings is 2. The second-order valence-corrected chi connectivity index (χ2v) is 9.64. The van der Waals surface area contributed by atoms with Gasteiger partial charge in [0.15, 0.2) is 0 Å². The lowest BCUT2D eigenvalue weighted by molar-refractivity contribution is -0.115. The maximum absolute atomic E-state index is 14.6.